The Labute approximate surface area is 126 Å². The highest BCUT2D eigenvalue weighted by Crippen LogP contribution is 2.38. The van der Waals surface area contributed by atoms with Gasteiger partial charge >= 0.3 is 0 Å². The van der Waals surface area contributed by atoms with Crippen molar-refractivity contribution < 1.29 is 0 Å². The number of halogens is 1. The first-order valence-corrected chi connectivity index (χ1v) is 8.56. The normalized spacial score (nSPS) is 21.8. The Balaban J connectivity index is 1.97. The molecule has 1 aromatic heterocycles. The standard InChI is InChI=1S/C15H25ClN2S/c1-11(14-17-12(9-16)10-19-14)18(4)13-5-7-15(2,3)8-6-13/h10-11,13H,5-9H2,1-4H3. The lowest BCUT2D eigenvalue weighted by Crippen LogP contribution is -2.38. The van der Waals surface area contributed by atoms with E-state index in [9.17, 15) is 0 Å². The van der Waals surface area contributed by atoms with Crippen molar-refractivity contribution in [1.82, 2.24) is 9.88 Å². The molecule has 0 radical (unpaired) electrons. The number of aromatic nitrogens is 1. The topological polar surface area (TPSA) is 16.1 Å². The summed E-state index contributed by atoms with van der Waals surface area (Å²) in [6.45, 7) is 7.04. The molecule has 0 amide bonds. The SMILES string of the molecule is CC(c1nc(CCl)cs1)N(C)C1CCC(C)(C)CC1. The lowest BCUT2D eigenvalue weighted by atomic mass is 9.75. The van der Waals surface area contributed by atoms with E-state index in [-0.39, 0.29) is 0 Å². The summed E-state index contributed by atoms with van der Waals surface area (Å²) in [5.41, 5.74) is 1.54. The molecule has 0 N–H and O–H groups in total. The summed E-state index contributed by atoms with van der Waals surface area (Å²) in [7, 11) is 2.25. The van der Waals surface area contributed by atoms with Crippen LogP contribution < -0.4 is 0 Å². The van der Waals surface area contributed by atoms with Gasteiger partial charge in [0.15, 0.2) is 0 Å². The largest absolute Gasteiger partial charge is 0.294 e. The van der Waals surface area contributed by atoms with Crippen molar-refractivity contribution in [2.45, 2.75) is 64.4 Å². The Morgan fingerprint density at radius 1 is 1.47 bits per heavy atom. The van der Waals surface area contributed by atoms with Gasteiger partial charge in [-0.2, -0.15) is 0 Å². The van der Waals surface area contributed by atoms with Gasteiger partial charge in [0.05, 0.1) is 17.6 Å². The van der Waals surface area contributed by atoms with Gasteiger partial charge in [0.25, 0.3) is 0 Å². The van der Waals surface area contributed by atoms with E-state index in [4.69, 9.17) is 11.6 Å². The van der Waals surface area contributed by atoms with E-state index in [2.05, 4.69) is 43.1 Å². The Morgan fingerprint density at radius 2 is 2.11 bits per heavy atom. The molecule has 0 spiro atoms. The van der Waals surface area contributed by atoms with Gasteiger partial charge in [0, 0.05) is 11.4 Å². The monoisotopic (exact) mass is 300 g/mol. The van der Waals surface area contributed by atoms with Crippen LogP contribution in [0.15, 0.2) is 5.38 Å². The highest BCUT2D eigenvalue weighted by Gasteiger charge is 2.31. The van der Waals surface area contributed by atoms with Crippen LogP contribution in [-0.4, -0.2) is 23.0 Å². The van der Waals surface area contributed by atoms with Crippen LogP contribution in [0.3, 0.4) is 0 Å². The van der Waals surface area contributed by atoms with E-state index in [1.165, 1.54) is 30.7 Å². The maximum absolute atomic E-state index is 5.84. The fourth-order valence-corrected chi connectivity index (χ4v) is 4.01. The van der Waals surface area contributed by atoms with E-state index in [1.54, 1.807) is 11.3 Å². The molecule has 1 heterocycles. The summed E-state index contributed by atoms with van der Waals surface area (Å²) < 4.78 is 0. The fraction of sp³-hybridized carbons (Fsp3) is 0.800. The quantitative estimate of drug-likeness (QED) is 0.739. The molecule has 1 saturated carbocycles. The molecule has 4 heteroatoms. The molecule has 0 aromatic carbocycles. The van der Waals surface area contributed by atoms with Gasteiger partial charge in [-0.3, -0.25) is 4.90 Å². The van der Waals surface area contributed by atoms with Crippen molar-refractivity contribution in [1.29, 1.82) is 0 Å². The van der Waals surface area contributed by atoms with Gasteiger partial charge in [-0.05, 0) is 45.1 Å². The number of hydrogen-bond donors (Lipinski definition) is 0. The summed E-state index contributed by atoms with van der Waals surface area (Å²) in [4.78, 5) is 7.12. The Hall–Kier alpha value is -0.120. The molecule has 1 aromatic rings. The molecule has 1 unspecified atom stereocenters. The van der Waals surface area contributed by atoms with Crippen LogP contribution in [0.2, 0.25) is 0 Å². The van der Waals surface area contributed by atoms with Crippen molar-refractivity contribution in [2.75, 3.05) is 7.05 Å². The molecule has 19 heavy (non-hydrogen) atoms. The molecule has 1 atom stereocenters. The molecule has 1 fully saturated rings. The number of rotatable bonds is 4. The second-order valence-corrected chi connectivity index (χ2v) is 7.70. The average Bonchev–Trinajstić information content (AvgIpc) is 2.86. The van der Waals surface area contributed by atoms with Crippen molar-refractivity contribution in [3.8, 4) is 0 Å². The fourth-order valence-electron chi connectivity index (χ4n) is 2.86. The second-order valence-electron chi connectivity index (χ2n) is 6.55. The Morgan fingerprint density at radius 3 is 2.63 bits per heavy atom. The molecule has 2 nitrogen and oxygen atoms in total. The van der Waals surface area contributed by atoms with Crippen molar-refractivity contribution in [3.05, 3.63) is 16.1 Å². The van der Waals surface area contributed by atoms with Gasteiger partial charge < -0.3 is 0 Å². The predicted octanol–water partition coefficient (Wildman–Crippen LogP) is 4.84. The lowest BCUT2D eigenvalue weighted by molar-refractivity contribution is 0.100. The number of hydrogen-bond acceptors (Lipinski definition) is 3. The summed E-state index contributed by atoms with van der Waals surface area (Å²) in [6, 6.07) is 1.10. The third kappa shape index (κ3) is 3.71. The number of alkyl halides is 1. The van der Waals surface area contributed by atoms with Crippen LogP contribution in [0.5, 0.6) is 0 Å². The van der Waals surface area contributed by atoms with Crippen molar-refractivity contribution >= 4 is 22.9 Å². The van der Waals surface area contributed by atoms with Crippen LogP contribution in [-0.2, 0) is 5.88 Å². The zero-order valence-electron chi connectivity index (χ0n) is 12.4. The van der Waals surface area contributed by atoms with E-state index in [1.807, 2.05) is 0 Å². The molecule has 1 aliphatic carbocycles. The van der Waals surface area contributed by atoms with Crippen LogP contribution in [0.1, 0.15) is 63.2 Å². The van der Waals surface area contributed by atoms with Gasteiger partial charge in [-0.1, -0.05) is 13.8 Å². The molecule has 0 bridgehead atoms. The van der Waals surface area contributed by atoms with Crippen molar-refractivity contribution in [2.24, 2.45) is 5.41 Å². The molecule has 0 saturated heterocycles. The first kappa shape index (κ1) is 15.3. The Kier molecular flexibility index (Phi) is 4.91. The van der Waals surface area contributed by atoms with Gasteiger partial charge in [0.1, 0.15) is 5.01 Å². The maximum Gasteiger partial charge on any atom is 0.110 e. The van der Waals surface area contributed by atoms with E-state index < -0.39 is 0 Å². The minimum Gasteiger partial charge on any atom is -0.294 e. The zero-order chi connectivity index (χ0) is 14.0. The highest BCUT2D eigenvalue weighted by molar-refractivity contribution is 7.09. The summed E-state index contributed by atoms with van der Waals surface area (Å²) in [5.74, 6) is 0.518. The third-order valence-electron chi connectivity index (χ3n) is 4.56. The molecule has 1 aliphatic rings. The van der Waals surface area contributed by atoms with E-state index >= 15 is 0 Å². The van der Waals surface area contributed by atoms with Crippen LogP contribution in [0.4, 0.5) is 0 Å². The lowest BCUT2D eigenvalue weighted by Gasteiger charge is -2.40. The van der Waals surface area contributed by atoms with Gasteiger partial charge in [-0.15, -0.1) is 22.9 Å². The summed E-state index contributed by atoms with van der Waals surface area (Å²) in [5, 5.41) is 3.28. The van der Waals surface area contributed by atoms with Gasteiger partial charge in [-0.25, -0.2) is 4.98 Å². The average molecular weight is 301 g/mol. The zero-order valence-corrected chi connectivity index (χ0v) is 14.0. The molecular formula is C15H25ClN2S. The van der Waals surface area contributed by atoms with Gasteiger partial charge in [0.2, 0.25) is 0 Å². The highest BCUT2D eigenvalue weighted by atomic mass is 35.5. The minimum absolute atomic E-state index is 0.396. The second kappa shape index (κ2) is 6.11. The summed E-state index contributed by atoms with van der Waals surface area (Å²) >= 11 is 7.57. The first-order valence-electron chi connectivity index (χ1n) is 7.15. The molecule has 0 aliphatic heterocycles. The van der Waals surface area contributed by atoms with Crippen LogP contribution in [0, 0.1) is 5.41 Å². The molecular weight excluding hydrogens is 276 g/mol. The number of nitrogens with zero attached hydrogens (tertiary/aromatic N) is 2. The smallest absolute Gasteiger partial charge is 0.110 e. The molecule has 2 rings (SSSR count). The van der Waals surface area contributed by atoms with Crippen molar-refractivity contribution in [3.63, 3.8) is 0 Å². The van der Waals surface area contributed by atoms with E-state index in [0.29, 0.717) is 23.4 Å². The minimum atomic E-state index is 0.396. The maximum atomic E-state index is 5.84. The predicted molar refractivity (Wildman–Crippen MR) is 83.9 cm³/mol. The Bertz CT molecular complexity index is 406. The molecule has 108 valence electrons. The van der Waals surface area contributed by atoms with E-state index in [0.717, 1.165) is 5.69 Å². The third-order valence-corrected chi connectivity index (χ3v) is 5.90. The number of thiazole rings is 1. The first-order chi connectivity index (χ1) is 8.93. The van der Waals surface area contributed by atoms with Crippen LogP contribution >= 0.6 is 22.9 Å². The van der Waals surface area contributed by atoms with Crippen LogP contribution in [0.25, 0.3) is 0 Å². The summed E-state index contributed by atoms with van der Waals surface area (Å²) in [6.07, 6.45) is 5.28.